The predicted octanol–water partition coefficient (Wildman–Crippen LogP) is 3.29. The maximum absolute atomic E-state index is 5.18. The molecule has 0 unspecified atom stereocenters. The van der Waals surface area contributed by atoms with E-state index >= 15 is 0 Å². The van der Waals surface area contributed by atoms with Crippen molar-refractivity contribution >= 4 is 17.4 Å². The standard InChI is InChI=1S/C13H17N3OS/c1-2-18-8-4-7-14-12-6-3-5-11(9-12)13-16-15-10-17-13/h3,5-6,9-10,14H,2,4,7-8H2,1H3. The Morgan fingerprint density at radius 1 is 1.39 bits per heavy atom. The summed E-state index contributed by atoms with van der Waals surface area (Å²) in [6, 6.07) is 8.03. The maximum Gasteiger partial charge on any atom is 0.247 e. The van der Waals surface area contributed by atoms with E-state index in [0.717, 1.165) is 17.8 Å². The van der Waals surface area contributed by atoms with Crippen molar-refractivity contribution in [1.82, 2.24) is 10.2 Å². The van der Waals surface area contributed by atoms with E-state index in [9.17, 15) is 0 Å². The Morgan fingerprint density at radius 2 is 2.33 bits per heavy atom. The molecule has 2 aromatic rings. The van der Waals surface area contributed by atoms with Crippen molar-refractivity contribution in [3.63, 3.8) is 0 Å². The summed E-state index contributed by atoms with van der Waals surface area (Å²) in [6.45, 7) is 3.17. The van der Waals surface area contributed by atoms with E-state index in [1.807, 2.05) is 36.0 Å². The fourth-order valence-electron chi connectivity index (χ4n) is 1.61. The van der Waals surface area contributed by atoms with Crippen LogP contribution in [0, 0.1) is 0 Å². The van der Waals surface area contributed by atoms with E-state index in [-0.39, 0.29) is 0 Å². The van der Waals surface area contributed by atoms with Crippen LogP contribution in [0.5, 0.6) is 0 Å². The van der Waals surface area contributed by atoms with Crippen molar-refractivity contribution in [3.8, 4) is 11.5 Å². The molecule has 96 valence electrons. The van der Waals surface area contributed by atoms with Crippen molar-refractivity contribution in [2.45, 2.75) is 13.3 Å². The first kappa shape index (κ1) is 13.0. The molecule has 2 rings (SSSR count). The Balaban J connectivity index is 1.88. The van der Waals surface area contributed by atoms with Crippen molar-refractivity contribution in [3.05, 3.63) is 30.7 Å². The molecule has 0 bridgehead atoms. The smallest absolute Gasteiger partial charge is 0.247 e. The van der Waals surface area contributed by atoms with E-state index in [2.05, 4.69) is 22.4 Å². The summed E-state index contributed by atoms with van der Waals surface area (Å²) >= 11 is 1.97. The van der Waals surface area contributed by atoms with Crippen LogP contribution in [0.25, 0.3) is 11.5 Å². The van der Waals surface area contributed by atoms with Crippen LogP contribution in [0.15, 0.2) is 35.1 Å². The van der Waals surface area contributed by atoms with Gasteiger partial charge in [-0.2, -0.15) is 11.8 Å². The molecule has 4 nitrogen and oxygen atoms in total. The van der Waals surface area contributed by atoms with Crippen molar-refractivity contribution in [2.24, 2.45) is 0 Å². The van der Waals surface area contributed by atoms with Crippen LogP contribution in [0.4, 0.5) is 5.69 Å². The third kappa shape index (κ3) is 3.77. The topological polar surface area (TPSA) is 51.0 Å². The molecule has 0 aliphatic rings. The number of nitrogens with one attached hydrogen (secondary N) is 1. The molecule has 0 spiro atoms. The van der Waals surface area contributed by atoms with Gasteiger partial charge >= 0.3 is 0 Å². The van der Waals surface area contributed by atoms with Gasteiger partial charge in [0, 0.05) is 17.8 Å². The monoisotopic (exact) mass is 263 g/mol. The van der Waals surface area contributed by atoms with Gasteiger partial charge in [-0.1, -0.05) is 13.0 Å². The number of aromatic nitrogens is 2. The highest BCUT2D eigenvalue weighted by Gasteiger charge is 2.03. The van der Waals surface area contributed by atoms with Crippen LogP contribution in [0.1, 0.15) is 13.3 Å². The van der Waals surface area contributed by atoms with Gasteiger partial charge in [0.05, 0.1) is 0 Å². The Labute approximate surface area is 111 Å². The number of nitrogens with zero attached hydrogens (tertiary/aromatic N) is 2. The molecular weight excluding hydrogens is 246 g/mol. The zero-order chi connectivity index (χ0) is 12.6. The molecule has 1 N–H and O–H groups in total. The molecule has 1 heterocycles. The van der Waals surface area contributed by atoms with Crippen LogP contribution in [0.3, 0.4) is 0 Å². The Morgan fingerprint density at radius 3 is 3.11 bits per heavy atom. The summed E-state index contributed by atoms with van der Waals surface area (Å²) < 4.78 is 5.18. The molecule has 1 aromatic carbocycles. The summed E-state index contributed by atoms with van der Waals surface area (Å²) in [5.41, 5.74) is 2.03. The van der Waals surface area contributed by atoms with E-state index in [1.165, 1.54) is 24.3 Å². The zero-order valence-corrected chi connectivity index (χ0v) is 11.2. The highest BCUT2D eigenvalue weighted by atomic mass is 32.2. The largest absolute Gasteiger partial charge is 0.423 e. The highest BCUT2D eigenvalue weighted by Crippen LogP contribution is 2.20. The van der Waals surface area contributed by atoms with Crippen LogP contribution in [0.2, 0.25) is 0 Å². The first-order valence-corrected chi connectivity index (χ1v) is 7.24. The molecule has 0 aliphatic heterocycles. The zero-order valence-electron chi connectivity index (χ0n) is 10.4. The van der Waals surface area contributed by atoms with Gasteiger partial charge in [0.1, 0.15) is 0 Å². The van der Waals surface area contributed by atoms with Crippen LogP contribution >= 0.6 is 11.8 Å². The molecule has 0 saturated heterocycles. The lowest BCUT2D eigenvalue weighted by molar-refractivity contribution is 0.568. The number of rotatable bonds is 7. The lowest BCUT2D eigenvalue weighted by Crippen LogP contribution is -2.02. The minimum atomic E-state index is 0.556. The second-order valence-corrected chi connectivity index (χ2v) is 5.20. The molecule has 0 atom stereocenters. The lowest BCUT2D eigenvalue weighted by atomic mass is 10.2. The Hall–Kier alpha value is -1.49. The third-order valence-corrected chi connectivity index (χ3v) is 3.45. The van der Waals surface area contributed by atoms with Crippen LogP contribution < -0.4 is 5.32 Å². The molecule has 0 saturated carbocycles. The number of hydrogen-bond acceptors (Lipinski definition) is 5. The van der Waals surface area contributed by atoms with E-state index in [1.54, 1.807) is 0 Å². The Kier molecular flexibility index (Phi) is 5.08. The van der Waals surface area contributed by atoms with E-state index < -0.39 is 0 Å². The summed E-state index contributed by atoms with van der Waals surface area (Å²) in [7, 11) is 0. The van der Waals surface area contributed by atoms with Gasteiger partial charge in [-0.05, 0) is 36.1 Å². The van der Waals surface area contributed by atoms with Gasteiger partial charge in [-0.25, -0.2) is 0 Å². The van der Waals surface area contributed by atoms with Gasteiger partial charge in [-0.3, -0.25) is 0 Å². The van der Waals surface area contributed by atoms with Crippen molar-refractivity contribution in [1.29, 1.82) is 0 Å². The van der Waals surface area contributed by atoms with Crippen LogP contribution in [-0.2, 0) is 0 Å². The fraction of sp³-hybridized carbons (Fsp3) is 0.385. The van der Waals surface area contributed by atoms with Crippen molar-refractivity contribution < 1.29 is 4.42 Å². The van der Waals surface area contributed by atoms with Gasteiger partial charge < -0.3 is 9.73 Å². The number of anilines is 1. The molecule has 5 heteroatoms. The first-order chi connectivity index (χ1) is 8.90. The predicted molar refractivity (Wildman–Crippen MR) is 75.8 cm³/mol. The van der Waals surface area contributed by atoms with Crippen LogP contribution in [-0.4, -0.2) is 28.2 Å². The lowest BCUT2D eigenvalue weighted by Gasteiger charge is -2.06. The van der Waals surface area contributed by atoms with Gasteiger partial charge in [0.15, 0.2) is 0 Å². The highest BCUT2D eigenvalue weighted by molar-refractivity contribution is 7.99. The molecular formula is C13H17N3OS. The maximum atomic E-state index is 5.18. The van der Waals surface area contributed by atoms with Gasteiger partial charge in [0.2, 0.25) is 12.3 Å². The SMILES string of the molecule is CCSCCCNc1cccc(-c2nnco2)c1. The number of thioether (sulfide) groups is 1. The van der Waals surface area contributed by atoms with Gasteiger partial charge in [0.25, 0.3) is 0 Å². The third-order valence-electron chi connectivity index (χ3n) is 2.47. The number of hydrogen-bond donors (Lipinski definition) is 1. The number of benzene rings is 1. The molecule has 0 fully saturated rings. The molecule has 0 amide bonds. The Bertz CT molecular complexity index is 459. The molecule has 1 aromatic heterocycles. The normalized spacial score (nSPS) is 10.5. The fourth-order valence-corrected chi connectivity index (χ4v) is 2.25. The van der Waals surface area contributed by atoms with E-state index in [0.29, 0.717) is 5.89 Å². The second-order valence-electron chi connectivity index (χ2n) is 3.80. The average Bonchev–Trinajstić information content (AvgIpc) is 2.93. The molecule has 0 radical (unpaired) electrons. The van der Waals surface area contributed by atoms with Gasteiger partial charge in [-0.15, -0.1) is 10.2 Å². The van der Waals surface area contributed by atoms with E-state index in [4.69, 9.17) is 4.42 Å². The quantitative estimate of drug-likeness (QED) is 0.777. The summed E-state index contributed by atoms with van der Waals surface area (Å²) in [4.78, 5) is 0. The second kappa shape index (κ2) is 7.06. The summed E-state index contributed by atoms with van der Waals surface area (Å²) in [6.07, 6.45) is 2.51. The molecule has 0 aliphatic carbocycles. The minimum absolute atomic E-state index is 0.556. The van der Waals surface area contributed by atoms with Crippen molar-refractivity contribution in [2.75, 3.05) is 23.4 Å². The summed E-state index contributed by atoms with van der Waals surface area (Å²) in [5, 5.41) is 11.0. The summed E-state index contributed by atoms with van der Waals surface area (Å²) in [5.74, 6) is 2.94. The first-order valence-electron chi connectivity index (χ1n) is 6.08. The molecule has 18 heavy (non-hydrogen) atoms. The average molecular weight is 263 g/mol. The minimum Gasteiger partial charge on any atom is -0.423 e.